The quantitative estimate of drug-likeness (QED) is 0.839. The molecule has 1 rings (SSSR count). The van der Waals surface area contributed by atoms with Gasteiger partial charge in [-0.1, -0.05) is 0 Å². The van der Waals surface area contributed by atoms with Crippen LogP contribution in [0.3, 0.4) is 0 Å². The van der Waals surface area contributed by atoms with Crippen molar-refractivity contribution in [2.75, 3.05) is 26.0 Å². The molecule has 3 nitrogen and oxygen atoms in total. The van der Waals surface area contributed by atoms with E-state index in [4.69, 9.17) is 4.74 Å². The molecule has 0 saturated heterocycles. The Morgan fingerprint density at radius 1 is 1.24 bits per heavy atom. The molecule has 0 heterocycles. The second-order valence-electron chi connectivity index (χ2n) is 4.16. The summed E-state index contributed by atoms with van der Waals surface area (Å²) in [6.07, 6.45) is 1.99. The summed E-state index contributed by atoms with van der Waals surface area (Å²) in [5.41, 5.74) is 0. The van der Waals surface area contributed by atoms with Crippen molar-refractivity contribution in [3.63, 3.8) is 0 Å². The molecule has 0 aliphatic carbocycles. The average molecular weight is 254 g/mol. The molecule has 94 valence electrons. The molecule has 1 amide bonds. The highest BCUT2D eigenvalue weighted by molar-refractivity contribution is 7.82. The van der Waals surface area contributed by atoms with Gasteiger partial charge in [0.2, 0.25) is 0 Å². The third-order valence-electron chi connectivity index (χ3n) is 3.27. The van der Waals surface area contributed by atoms with Gasteiger partial charge in [0.05, 0.1) is 24.3 Å². The van der Waals surface area contributed by atoms with E-state index in [1.165, 1.54) is 17.6 Å². The van der Waals surface area contributed by atoms with Gasteiger partial charge in [-0.2, -0.15) is 0 Å². The van der Waals surface area contributed by atoms with Gasteiger partial charge in [0.15, 0.2) is 0 Å². The first-order valence-electron chi connectivity index (χ1n) is 5.90. The molecule has 0 aromatic heterocycles. The molecule has 0 aliphatic heterocycles. The normalized spacial score (nSPS) is 11.1. The third-order valence-corrected chi connectivity index (χ3v) is 7.61. The zero-order valence-electron chi connectivity index (χ0n) is 11.0. The van der Waals surface area contributed by atoms with Crippen LogP contribution in [0.5, 0.6) is 5.75 Å². The molecule has 0 fully saturated rings. The zero-order chi connectivity index (χ0) is 12.9. The topological polar surface area (TPSA) is 38.3 Å². The summed E-state index contributed by atoms with van der Waals surface area (Å²) in [6.45, 7) is 6.85. The van der Waals surface area contributed by atoms with Crippen molar-refractivity contribution in [3.05, 3.63) is 24.3 Å². The molecule has 1 aromatic rings. The number of hydrogen-bond acceptors (Lipinski definition) is 2. The summed E-state index contributed by atoms with van der Waals surface area (Å²) in [5, 5.41) is 3.82. The van der Waals surface area contributed by atoms with Crippen LogP contribution in [-0.2, 0) is 0 Å². The average Bonchev–Trinajstić information content (AvgIpc) is 2.38. The number of carbonyl (C=O) groups excluding carboxylic acids is 1. The number of nitrogens with one attached hydrogen (secondary N) is 1. The van der Waals surface area contributed by atoms with Gasteiger partial charge in [0.1, 0.15) is 5.75 Å². The fraction of sp³-hybridized carbons (Fsp3) is 0.462. The summed E-state index contributed by atoms with van der Waals surface area (Å²) in [6, 6.07) is 7.90. The van der Waals surface area contributed by atoms with Gasteiger partial charge in [0, 0.05) is 14.3 Å². The minimum Gasteiger partial charge on any atom is -0.410 e. The molecule has 0 radical (unpaired) electrons. The van der Waals surface area contributed by atoms with Crippen LogP contribution in [0, 0.1) is 0 Å². The summed E-state index contributed by atoms with van der Waals surface area (Å²) in [7, 11) is 0.548. The molecule has 0 unspecified atom stereocenters. The van der Waals surface area contributed by atoms with Crippen LogP contribution in [0.2, 0.25) is 0 Å². The monoisotopic (exact) mass is 254 g/mol. The smallest absolute Gasteiger partial charge is 0.410 e. The lowest BCUT2D eigenvalue weighted by Gasteiger charge is -2.19. The van der Waals surface area contributed by atoms with Crippen molar-refractivity contribution in [2.24, 2.45) is 0 Å². The molecular formula is C13H21NO2P+. The van der Waals surface area contributed by atoms with Gasteiger partial charge in [-0.3, -0.25) is 0 Å². The standard InChI is InChI=1S/C13H20NO2P/c1-5-17(4,6-2)12-9-7-11(8-10-12)16-13(15)14-3/h7-10H,5-6H2,1-4H3/p+1. The van der Waals surface area contributed by atoms with Gasteiger partial charge >= 0.3 is 6.09 Å². The van der Waals surface area contributed by atoms with Gasteiger partial charge in [-0.25, -0.2) is 4.79 Å². The van der Waals surface area contributed by atoms with E-state index in [0.717, 1.165) is 0 Å². The van der Waals surface area contributed by atoms with Crippen LogP contribution in [0.25, 0.3) is 0 Å². The number of benzene rings is 1. The van der Waals surface area contributed by atoms with Gasteiger partial charge in [-0.15, -0.1) is 0 Å². The number of rotatable bonds is 4. The van der Waals surface area contributed by atoms with E-state index in [0.29, 0.717) is 5.75 Å². The predicted molar refractivity (Wildman–Crippen MR) is 75.1 cm³/mol. The van der Waals surface area contributed by atoms with Crippen LogP contribution < -0.4 is 15.4 Å². The Labute approximate surface area is 104 Å². The van der Waals surface area contributed by atoms with Crippen LogP contribution in [0.4, 0.5) is 4.79 Å². The lowest BCUT2D eigenvalue weighted by Crippen LogP contribution is -2.22. The lowest BCUT2D eigenvalue weighted by atomic mass is 10.3. The second-order valence-corrected chi connectivity index (χ2v) is 8.73. The lowest BCUT2D eigenvalue weighted by molar-refractivity contribution is 0.203. The zero-order valence-corrected chi connectivity index (χ0v) is 11.9. The highest BCUT2D eigenvalue weighted by atomic mass is 31.2. The maximum Gasteiger partial charge on any atom is 0.412 e. The van der Waals surface area contributed by atoms with Crippen molar-refractivity contribution in [1.29, 1.82) is 0 Å². The molecule has 0 atom stereocenters. The van der Waals surface area contributed by atoms with Crippen molar-refractivity contribution in [3.8, 4) is 5.75 Å². The minimum absolute atomic E-state index is 0.429. The molecule has 0 bridgehead atoms. The molecule has 0 saturated carbocycles. The Morgan fingerprint density at radius 2 is 1.76 bits per heavy atom. The summed E-state index contributed by atoms with van der Waals surface area (Å²) >= 11 is 0. The highest BCUT2D eigenvalue weighted by Gasteiger charge is 2.29. The Kier molecular flexibility index (Phi) is 4.95. The largest absolute Gasteiger partial charge is 0.412 e. The summed E-state index contributed by atoms with van der Waals surface area (Å²) in [5.74, 6) is 0.590. The van der Waals surface area contributed by atoms with Crippen LogP contribution in [0.1, 0.15) is 13.8 Å². The Morgan fingerprint density at radius 3 is 2.18 bits per heavy atom. The highest BCUT2D eigenvalue weighted by Crippen LogP contribution is 2.52. The minimum atomic E-state index is -1.00. The molecular weight excluding hydrogens is 233 g/mol. The van der Waals surface area contributed by atoms with E-state index >= 15 is 0 Å². The summed E-state index contributed by atoms with van der Waals surface area (Å²) in [4.78, 5) is 11.0. The molecule has 1 aromatic carbocycles. The SMILES string of the molecule is CC[P+](C)(CC)c1ccc(OC(=O)NC)cc1. The first-order valence-corrected chi connectivity index (χ1v) is 8.51. The fourth-order valence-corrected chi connectivity index (χ4v) is 3.67. The maximum atomic E-state index is 11.0. The first kappa shape index (κ1) is 14.0. The summed E-state index contributed by atoms with van der Waals surface area (Å²) < 4.78 is 5.06. The number of carbonyl (C=O) groups is 1. The number of hydrogen-bond donors (Lipinski definition) is 1. The van der Waals surface area contributed by atoms with Crippen molar-refractivity contribution >= 4 is 18.7 Å². The molecule has 0 spiro atoms. The van der Waals surface area contributed by atoms with Crippen LogP contribution >= 0.6 is 7.26 Å². The Balaban J connectivity index is 2.84. The maximum absolute atomic E-state index is 11.0. The van der Waals surface area contributed by atoms with Crippen LogP contribution in [0.15, 0.2) is 24.3 Å². The van der Waals surface area contributed by atoms with E-state index in [9.17, 15) is 4.79 Å². The van der Waals surface area contributed by atoms with Gasteiger partial charge < -0.3 is 10.1 Å². The number of ether oxygens (including phenoxy) is 1. The van der Waals surface area contributed by atoms with Crippen molar-refractivity contribution < 1.29 is 9.53 Å². The third kappa shape index (κ3) is 3.44. The molecule has 4 heteroatoms. The van der Waals surface area contributed by atoms with Gasteiger partial charge in [-0.05, 0) is 38.1 Å². The van der Waals surface area contributed by atoms with Crippen LogP contribution in [-0.4, -0.2) is 32.1 Å². The van der Waals surface area contributed by atoms with E-state index in [2.05, 4.69) is 38.0 Å². The van der Waals surface area contributed by atoms with E-state index in [1.807, 2.05) is 12.1 Å². The van der Waals surface area contributed by atoms with E-state index < -0.39 is 13.4 Å². The van der Waals surface area contributed by atoms with E-state index in [1.54, 1.807) is 7.05 Å². The Bertz CT molecular complexity index is 372. The second kappa shape index (κ2) is 6.02. The van der Waals surface area contributed by atoms with Gasteiger partial charge in [0.25, 0.3) is 0 Å². The van der Waals surface area contributed by atoms with E-state index in [-0.39, 0.29) is 0 Å². The van der Waals surface area contributed by atoms with Crippen molar-refractivity contribution in [1.82, 2.24) is 5.32 Å². The molecule has 1 N–H and O–H groups in total. The van der Waals surface area contributed by atoms with Crippen molar-refractivity contribution in [2.45, 2.75) is 13.8 Å². The number of amides is 1. The fourth-order valence-electron chi connectivity index (χ4n) is 1.62. The molecule has 0 aliphatic rings. The Hall–Kier alpha value is -1.08. The first-order chi connectivity index (χ1) is 8.05. The molecule has 17 heavy (non-hydrogen) atoms. The predicted octanol–water partition coefficient (Wildman–Crippen LogP) is 2.72.